The first-order chi connectivity index (χ1) is 6.40. The van der Waals surface area contributed by atoms with E-state index < -0.39 is 0 Å². The zero-order chi connectivity index (χ0) is 9.10. The highest BCUT2D eigenvalue weighted by Crippen LogP contribution is 2.29. The fourth-order valence-electron chi connectivity index (χ4n) is 1.70. The van der Waals surface area contributed by atoms with Gasteiger partial charge in [0.25, 0.3) is 0 Å². The number of rotatable bonds is 3. The molecular formula is C12H13O. The van der Waals surface area contributed by atoms with E-state index in [1.54, 1.807) is 6.08 Å². The van der Waals surface area contributed by atoms with E-state index in [0.29, 0.717) is 6.10 Å². The number of fused-ring (bicyclic) bond motifs is 1. The van der Waals surface area contributed by atoms with Crippen molar-refractivity contribution in [3.8, 4) is 5.75 Å². The average Bonchev–Trinajstić information content (AvgIpc) is 2.57. The van der Waals surface area contributed by atoms with Crippen LogP contribution in [-0.4, -0.2) is 6.10 Å². The van der Waals surface area contributed by atoms with Crippen LogP contribution < -0.4 is 4.74 Å². The molecule has 0 fully saturated rings. The van der Waals surface area contributed by atoms with Crippen LogP contribution in [0, 0.1) is 6.58 Å². The molecule has 0 N–H and O–H groups in total. The first-order valence-corrected chi connectivity index (χ1v) is 4.68. The number of benzene rings is 1. The summed E-state index contributed by atoms with van der Waals surface area (Å²) in [6.45, 7) is 5.33. The van der Waals surface area contributed by atoms with Crippen molar-refractivity contribution in [1.29, 1.82) is 0 Å². The highest BCUT2D eigenvalue weighted by molar-refractivity contribution is 5.37. The summed E-state index contributed by atoms with van der Waals surface area (Å²) in [4.78, 5) is 0. The van der Waals surface area contributed by atoms with Crippen LogP contribution >= 0.6 is 0 Å². The molecule has 1 heterocycles. The van der Waals surface area contributed by atoms with Gasteiger partial charge in [0.1, 0.15) is 11.9 Å². The van der Waals surface area contributed by atoms with E-state index in [9.17, 15) is 0 Å². The van der Waals surface area contributed by atoms with Crippen LogP contribution in [0.25, 0.3) is 0 Å². The molecule has 13 heavy (non-hydrogen) atoms. The fourth-order valence-corrected chi connectivity index (χ4v) is 1.70. The fraction of sp³-hybridized carbons (Fsp3) is 0.333. The van der Waals surface area contributed by atoms with Gasteiger partial charge in [-0.25, -0.2) is 0 Å². The van der Waals surface area contributed by atoms with Gasteiger partial charge in [-0.1, -0.05) is 30.9 Å². The Kier molecular flexibility index (Phi) is 2.35. The molecule has 1 aliphatic rings. The maximum absolute atomic E-state index is 5.73. The minimum atomic E-state index is 0.331. The molecule has 0 saturated carbocycles. The van der Waals surface area contributed by atoms with E-state index in [2.05, 4.69) is 12.1 Å². The molecule has 2 rings (SSSR count). The molecule has 0 aliphatic carbocycles. The Morgan fingerprint density at radius 3 is 3.08 bits per heavy atom. The summed E-state index contributed by atoms with van der Waals surface area (Å²) in [6.07, 6.45) is 5.01. The van der Waals surface area contributed by atoms with E-state index >= 15 is 0 Å². The number of hydrogen-bond donors (Lipinski definition) is 0. The molecule has 0 amide bonds. The van der Waals surface area contributed by atoms with Gasteiger partial charge in [0.2, 0.25) is 0 Å². The van der Waals surface area contributed by atoms with E-state index in [-0.39, 0.29) is 0 Å². The van der Waals surface area contributed by atoms with Crippen molar-refractivity contribution in [2.24, 2.45) is 0 Å². The van der Waals surface area contributed by atoms with Crippen LogP contribution in [0.2, 0.25) is 0 Å². The number of para-hydroxylation sites is 1. The highest BCUT2D eigenvalue weighted by atomic mass is 16.5. The van der Waals surface area contributed by atoms with Crippen molar-refractivity contribution in [2.75, 3.05) is 0 Å². The first kappa shape index (κ1) is 8.36. The number of hydrogen-bond acceptors (Lipinski definition) is 1. The second-order valence-corrected chi connectivity index (χ2v) is 3.36. The van der Waals surface area contributed by atoms with E-state index in [1.165, 1.54) is 5.56 Å². The summed E-state index contributed by atoms with van der Waals surface area (Å²) in [5, 5.41) is 0. The van der Waals surface area contributed by atoms with Crippen molar-refractivity contribution in [1.82, 2.24) is 0 Å². The SMILES string of the molecule is [CH]=CCCC1Cc2ccccc2O1. The van der Waals surface area contributed by atoms with Gasteiger partial charge in [0.15, 0.2) is 0 Å². The van der Waals surface area contributed by atoms with E-state index in [1.807, 2.05) is 12.1 Å². The molecule has 1 atom stereocenters. The van der Waals surface area contributed by atoms with Crippen molar-refractivity contribution < 1.29 is 4.74 Å². The van der Waals surface area contributed by atoms with Crippen molar-refractivity contribution >= 4 is 0 Å². The van der Waals surface area contributed by atoms with Gasteiger partial charge in [0, 0.05) is 6.42 Å². The maximum atomic E-state index is 5.73. The van der Waals surface area contributed by atoms with Crippen LogP contribution in [0.5, 0.6) is 5.75 Å². The Hall–Kier alpha value is -1.24. The summed E-state index contributed by atoms with van der Waals surface area (Å²) in [6, 6.07) is 8.22. The lowest BCUT2D eigenvalue weighted by Crippen LogP contribution is -2.11. The molecule has 1 nitrogen and oxygen atoms in total. The Morgan fingerprint density at radius 2 is 2.31 bits per heavy atom. The summed E-state index contributed by atoms with van der Waals surface area (Å²) in [7, 11) is 0. The quantitative estimate of drug-likeness (QED) is 0.683. The largest absolute Gasteiger partial charge is 0.490 e. The standard InChI is InChI=1S/C12H13O/c1-2-3-7-11-9-10-6-4-5-8-12(10)13-11/h1-2,4-6,8,11H,3,7,9H2. The first-order valence-electron chi connectivity index (χ1n) is 4.68. The van der Waals surface area contributed by atoms with E-state index in [0.717, 1.165) is 25.0 Å². The molecule has 0 aromatic heterocycles. The van der Waals surface area contributed by atoms with Gasteiger partial charge in [-0.2, -0.15) is 0 Å². The lowest BCUT2D eigenvalue weighted by atomic mass is 10.1. The molecule has 1 aliphatic heterocycles. The lowest BCUT2D eigenvalue weighted by molar-refractivity contribution is 0.223. The molecule has 0 saturated heterocycles. The molecule has 0 bridgehead atoms. The molecule has 67 valence electrons. The predicted molar refractivity (Wildman–Crippen MR) is 52.7 cm³/mol. The molecule has 1 radical (unpaired) electrons. The summed E-state index contributed by atoms with van der Waals surface area (Å²) < 4.78 is 5.73. The smallest absolute Gasteiger partial charge is 0.123 e. The van der Waals surface area contributed by atoms with Crippen LogP contribution in [0.4, 0.5) is 0 Å². The van der Waals surface area contributed by atoms with Crippen LogP contribution in [0.1, 0.15) is 18.4 Å². The van der Waals surface area contributed by atoms with Crippen LogP contribution in [-0.2, 0) is 6.42 Å². The van der Waals surface area contributed by atoms with Crippen LogP contribution in [0.3, 0.4) is 0 Å². The summed E-state index contributed by atoms with van der Waals surface area (Å²) in [5.41, 5.74) is 1.32. The Bertz CT molecular complexity index is 279. The topological polar surface area (TPSA) is 9.23 Å². The van der Waals surface area contributed by atoms with Gasteiger partial charge < -0.3 is 4.74 Å². The molecule has 1 heteroatoms. The minimum absolute atomic E-state index is 0.331. The molecule has 0 spiro atoms. The predicted octanol–water partition coefficient (Wildman–Crippen LogP) is 2.76. The summed E-state index contributed by atoms with van der Waals surface area (Å²) in [5.74, 6) is 1.05. The Morgan fingerprint density at radius 1 is 1.46 bits per heavy atom. The number of allylic oxidation sites excluding steroid dienone is 1. The number of ether oxygens (including phenoxy) is 1. The lowest BCUT2D eigenvalue weighted by Gasteiger charge is -2.07. The van der Waals surface area contributed by atoms with Gasteiger partial charge in [-0.15, -0.1) is 0 Å². The maximum Gasteiger partial charge on any atom is 0.123 e. The zero-order valence-electron chi connectivity index (χ0n) is 7.57. The third-order valence-corrected chi connectivity index (χ3v) is 2.37. The van der Waals surface area contributed by atoms with Gasteiger partial charge >= 0.3 is 0 Å². The third kappa shape index (κ3) is 1.74. The van der Waals surface area contributed by atoms with Crippen molar-refractivity contribution in [2.45, 2.75) is 25.4 Å². The Labute approximate surface area is 79.0 Å². The normalized spacial score (nSPS) is 19.2. The van der Waals surface area contributed by atoms with E-state index in [4.69, 9.17) is 11.3 Å². The molecule has 1 unspecified atom stereocenters. The van der Waals surface area contributed by atoms with Gasteiger partial charge in [-0.3, -0.25) is 0 Å². The third-order valence-electron chi connectivity index (χ3n) is 2.37. The zero-order valence-corrected chi connectivity index (χ0v) is 7.57. The highest BCUT2D eigenvalue weighted by Gasteiger charge is 2.20. The molecule has 1 aromatic rings. The van der Waals surface area contributed by atoms with Crippen LogP contribution in [0.15, 0.2) is 30.3 Å². The summed E-state index contributed by atoms with van der Waals surface area (Å²) >= 11 is 0. The monoisotopic (exact) mass is 173 g/mol. The van der Waals surface area contributed by atoms with Crippen molar-refractivity contribution in [3.63, 3.8) is 0 Å². The minimum Gasteiger partial charge on any atom is -0.490 e. The Balaban J connectivity index is 2.01. The molecule has 1 aromatic carbocycles. The van der Waals surface area contributed by atoms with Crippen molar-refractivity contribution in [3.05, 3.63) is 42.5 Å². The average molecular weight is 173 g/mol. The molecular weight excluding hydrogens is 160 g/mol. The second-order valence-electron chi connectivity index (χ2n) is 3.36. The van der Waals surface area contributed by atoms with Gasteiger partial charge in [0.05, 0.1) is 0 Å². The second kappa shape index (κ2) is 3.65. The van der Waals surface area contributed by atoms with Gasteiger partial charge in [-0.05, 0) is 24.5 Å².